The van der Waals surface area contributed by atoms with Gasteiger partial charge in [-0.1, -0.05) is 30.3 Å². The lowest BCUT2D eigenvalue weighted by Crippen LogP contribution is -1.99. The van der Waals surface area contributed by atoms with Gasteiger partial charge < -0.3 is 21.4 Å². The van der Waals surface area contributed by atoms with Crippen LogP contribution >= 0.6 is 0 Å². The molecule has 0 aliphatic carbocycles. The lowest BCUT2D eigenvalue weighted by molar-refractivity contribution is -0.134. The Bertz CT molecular complexity index is 373. The predicted octanol–water partition coefficient (Wildman–Crippen LogP) is 0.465. The Labute approximate surface area is 111 Å². The van der Waals surface area contributed by atoms with Crippen LogP contribution in [-0.2, 0) is 16.0 Å². The quantitative estimate of drug-likeness (QED) is 0.668. The summed E-state index contributed by atoms with van der Waals surface area (Å²) in [7, 11) is 0. The van der Waals surface area contributed by atoms with Gasteiger partial charge in [-0.25, -0.2) is 9.59 Å². The molecule has 0 heterocycles. The number of rotatable bonds is 5. The van der Waals surface area contributed by atoms with Crippen LogP contribution in [0.1, 0.15) is 12.0 Å². The minimum absolute atomic E-state index is 0. The van der Waals surface area contributed by atoms with Crippen LogP contribution in [0.3, 0.4) is 0 Å². The van der Waals surface area contributed by atoms with E-state index in [4.69, 9.17) is 15.9 Å². The van der Waals surface area contributed by atoms with Gasteiger partial charge in [0.05, 0.1) is 0 Å². The van der Waals surface area contributed by atoms with Gasteiger partial charge in [0.25, 0.3) is 0 Å². The zero-order valence-corrected chi connectivity index (χ0v) is 10.5. The summed E-state index contributed by atoms with van der Waals surface area (Å²) < 4.78 is 0. The Morgan fingerprint density at radius 3 is 1.89 bits per heavy atom. The fourth-order valence-electron chi connectivity index (χ4n) is 1.09. The molecule has 0 radical (unpaired) electrons. The lowest BCUT2D eigenvalue weighted by Gasteiger charge is -1.96. The van der Waals surface area contributed by atoms with Gasteiger partial charge in [-0.05, 0) is 24.9 Å². The number of carboxylic acid groups (broad SMARTS) is 2. The van der Waals surface area contributed by atoms with Crippen molar-refractivity contribution in [2.75, 3.05) is 6.54 Å². The van der Waals surface area contributed by atoms with E-state index in [9.17, 15) is 9.59 Å². The van der Waals surface area contributed by atoms with E-state index in [-0.39, 0.29) is 5.48 Å². The van der Waals surface area contributed by atoms with E-state index in [0.29, 0.717) is 12.2 Å². The maximum Gasteiger partial charge on any atom is 0.328 e. The van der Waals surface area contributed by atoms with Gasteiger partial charge >= 0.3 is 11.9 Å². The van der Waals surface area contributed by atoms with Crippen molar-refractivity contribution in [2.24, 2.45) is 5.73 Å². The molecule has 0 aliphatic heterocycles. The number of hydrogen-bond donors (Lipinski definition) is 3. The van der Waals surface area contributed by atoms with Crippen molar-refractivity contribution in [1.82, 2.24) is 0 Å². The molecule has 0 spiro atoms. The van der Waals surface area contributed by atoms with Crippen molar-refractivity contribution in [1.29, 1.82) is 0 Å². The zero-order valence-electron chi connectivity index (χ0n) is 10.5. The molecule has 6 heteroatoms. The fourth-order valence-corrected chi connectivity index (χ4v) is 1.09. The van der Waals surface area contributed by atoms with Crippen LogP contribution in [0.25, 0.3) is 0 Å². The van der Waals surface area contributed by atoms with E-state index in [1.807, 2.05) is 6.07 Å². The zero-order chi connectivity index (χ0) is 13.8. The molecule has 6 nitrogen and oxygen atoms in total. The highest BCUT2D eigenvalue weighted by atomic mass is 16.4. The molecule has 0 bridgehead atoms. The lowest BCUT2D eigenvalue weighted by atomic mass is 10.1. The molecule has 0 fully saturated rings. The Morgan fingerprint density at radius 2 is 1.53 bits per heavy atom. The van der Waals surface area contributed by atoms with Crippen LogP contribution in [0.15, 0.2) is 42.5 Å². The largest absolute Gasteiger partial charge is 0.478 e. The van der Waals surface area contributed by atoms with Crippen LogP contribution in [0.4, 0.5) is 0 Å². The minimum Gasteiger partial charge on any atom is -0.478 e. The van der Waals surface area contributed by atoms with Crippen LogP contribution in [0, 0.1) is 0 Å². The molecule has 0 atom stereocenters. The molecular formula is C13H19NO5. The molecule has 0 unspecified atom stereocenters. The third-order valence-corrected chi connectivity index (χ3v) is 1.88. The van der Waals surface area contributed by atoms with E-state index >= 15 is 0 Å². The molecule has 0 saturated carbocycles. The molecule has 1 rings (SSSR count). The smallest absolute Gasteiger partial charge is 0.328 e. The molecule has 106 valence electrons. The van der Waals surface area contributed by atoms with Crippen LogP contribution in [0.2, 0.25) is 0 Å². The molecule has 1 aromatic carbocycles. The summed E-state index contributed by atoms with van der Waals surface area (Å²) in [5, 5.41) is 15.6. The molecule has 0 amide bonds. The molecule has 0 aromatic heterocycles. The van der Waals surface area contributed by atoms with E-state index in [2.05, 4.69) is 24.3 Å². The van der Waals surface area contributed by atoms with E-state index in [1.54, 1.807) is 0 Å². The summed E-state index contributed by atoms with van der Waals surface area (Å²) in [5.74, 6) is -2.51. The summed E-state index contributed by atoms with van der Waals surface area (Å²) >= 11 is 0. The standard InChI is InChI=1S/C9H13N.C4H4O4.H2O/c10-8-4-7-9-5-2-1-3-6-9;5-3(6)1-2-4(7)8;/h1-3,5-6H,4,7-8,10H2;1-2H,(H,5,6)(H,7,8);1H2/b;2-1+;. The number of aryl methyl sites for hydroxylation is 1. The van der Waals surface area contributed by atoms with Gasteiger partial charge in [0, 0.05) is 12.2 Å². The maximum absolute atomic E-state index is 9.55. The second kappa shape index (κ2) is 12.3. The monoisotopic (exact) mass is 269 g/mol. The highest BCUT2D eigenvalue weighted by molar-refractivity contribution is 5.89. The first-order valence-electron chi connectivity index (χ1n) is 5.44. The number of carboxylic acids is 2. The van der Waals surface area contributed by atoms with Crippen LogP contribution in [-0.4, -0.2) is 34.2 Å². The molecule has 0 aliphatic rings. The summed E-state index contributed by atoms with van der Waals surface area (Å²) in [6, 6.07) is 10.4. The number of nitrogens with two attached hydrogens (primary N) is 1. The third-order valence-electron chi connectivity index (χ3n) is 1.88. The predicted molar refractivity (Wildman–Crippen MR) is 71.8 cm³/mol. The SMILES string of the molecule is NCCCc1ccccc1.O.O=C(O)/C=C/C(=O)O. The van der Waals surface area contributed by atoms with Crippen molar-refractivity contribution in [3.63, 3.8) is 0 Å². The Hall–Kier alpha value is -2.18. The Balaban J connectivity index is 0. The van der Waals surface area contributed by atoms with Gasteiger partial charge in [0.1, 0.15) is 0 Å². The normalized spacial score (nSPS) is 9.11. The van der Waals surface area contributed by atoms with Crippen molar-refractivity contribution in [2.45, 2.75) is 12.8 Å². The minimum atomic E-state index is -1.26. The summed E-state index contributed by atoms with van der Waals surface area (Å²) in [6.45, 7) is 0.787. The van der Waals surface area contributed by atoms with Crippen molar-refractivity contribution < 1.29 is 25.3 Å². The van der Waals surface area contributed by atoms with E-state index in [0.717, 1.165) is 19.4 Å². The van der Waals surface area contributed by atoms with E-state index in [1.165, 1.54) is 5.56 Å². The second-order valence-corrected chi connectivity index (χ2v) is 3.39. The summed E-state index contributed by atoms with van der Waals surface area (Å²) in [4.78, 5) is 19.1. The summed E-state index contributed by atoms with van der Waals surface area (Å²) in [5.41, 5.74) is 6.76. The van der Waals surface area contributed by atoms with E-state index < -0.39 is 11.9 Å². The molecule has 1 aromatic rings. The van der Waals surface area contributed by atoms with Crippen LogP contribution in [0.5, 0.6) is 0 Å². The van der Waals surface area contributed by atoms with Crippen LogP contribution < -0.4 is 5.73 Å². The van der Waals surface area contributed by atoms with Crippen molar-refractivity contribution in [3.05, 3.63) is 48.0 Å². The fraction of sp³-hybridized carbons (Fsp3) is 0.231. The molecular weight excluding hydrogens is 250 g/mol. The van der Waals surface area contributed by atoms with Crippen molar-refractivity contribution in [3.8, 4) is 0 Å². The Morgan fingerprint density at radius 1 is 1.05 bits per heavy atom. The second-order valence-electron chi connectivity index (χ2n) is 3.39. The van der Waals surface area contributed by atoms with Gasteiger partial charge in [-0.2, -0.15) is 0 Å². The first-order valence-corrected chi connectivity index (χ1v) is 5.44. The number of aliphatic carboxylic acids is 2. The van der Waals surface area contributed by atoms with Gasteiger partial charge in [-0.15, -0.1) is 0 Å². The average Bonchev–Trinajstić information content (AvgIpc) is 2.36. The Kier molecular flexibility index (Phi) is 12.4. The molecule has 0 saturated heterocycles. The summed E-state index contributed by atoms with van der Waals surface area (Å²) in [6.07, 6.45) is 3.31. The average molecular weight is 269 g/mol. The first-order chi connectivity index (χ1) is 8.56. The van der Waals surface area contributed by atoms with Gasteiger partial charge in [0.15, 0.2) is 0 Å². The highest BCUT2D eigenvalue weighted by Crippen LogP contribution is 2.00. The third kappa shape index (κ3) is 13.8. The topological polar surface area (TPSA) is 132 Å². The van der Waals surface area contributed by atoms with Crippen molar-refractivity contribution >= 4 is 11.9 Å². The maximum atomic E-state index is 9.55. The number of carbonyl (C=O) groups is 2. The van der Waals surface area contributed by atoms with Gasteiger partial charge in [-0.3, -0.25) is 0 Å². The highest BCUT2D eigenvalue weighted by Gasteiger charge is 1.88. The molecule has 6 N–H and O–H groups in total. The number of benzene rings is 1. The molecule has 19 heavy (non-hydrogen) atoms. The van der Waals surface area contributed by atoms with Gasteiger partial charge in [0.2, 0.25) is 0 Å². The number of hydrogen-bond acceptors (Lipinski definition) is 3. The first kappa shape index (κ1) is 19.2.